The second-order valence-electron chi connectivity index (χ2n) is 4.51. The molecule has 1 aliphatic heterocycles. The van der Waals surface area contributed by atoms with Crippen LogP contribution in [0.1, 0.15) is 34.1 Å². The zero-order valence-electron chi connectivity index (χ0n) is 7.89. The summed E-state index contributed by atoms with van der Waals surface area (Å²) in [5, 5.41) is 0. The number of likely N-dealkylation sites (tertiary alicyclic amines) is 1. The van der Waals surface area contributed by atoms with Gasteiger partial charge in [-0.3, -0.25) is 4.90 Å². The van der Waals surface area contributed by atoms with Gasteiger partial charge >= 0.3 is 0 Å². The molecule has 1 unspecified atom stereocenters. The third-order valence-electron chi connectivity index (χ3n) is 2.39. The number of hydrogen-bond acceptors (Lipinski definition) is 1. The number of halogens is 1. The van der Waals surface area contributed by atoms with Crippen molar-refractivity contribution in [2.24, 2.45) is 0 Å². The second kappa shape index (κ2) is 2.74. The van der Waals surface area contributed by atoms with Gasteiger partial charge in [0.05, 0.1) is 0 Å². The van der Waals surface area contributed by atoms with Crippen LogP contribution >= 0.6 is 0 Å². The average molecular weight is 159 g/mol. The van der Waals surface area contributed by atoms with E-state index in [1.807, 2.05) is 0 Å². The molecule has 0 N–H and O–H groups in total. The van der Waals surface area contributed by atoms with Crippen molar-refractivity contribution in [1.29, 1.82) is 0 Å². The van der Waals surface area contributed by atoms with E-state index in [4.69, 9.17) is 0 Å². The van der Waals surface area contributed by atoms with Crippen molar-refractivity contribution in [2.75, 3.05) is 6.54 Å². The summed E-state index contributed by atoms with van der Waals surface area (Å²) >= 11 is 0. The smallest absolute Gasteiger partial charge is 0.114 e. The first-order valence-electron chi connectivity index (χ1n) is 4.32. The van der Waals surface area contributed by atoms with Crippen molar-refractivity contribution in [2.45, 2.75) is 51.9 Å². The van der Waals surface area contributed by atoms with Crippen LogP contribution in [0.2, 0.25) is 0 Å². The Labute approximate surface area is 68.6 Å². The van der Waals surface area contributed by atoms with Crippen molar-refractivity contribution in [3.63, 3.8) is 0 Å². The summed E-state index contributed by atoms with van der Waals surface area (Å²) in [5.41, 5.74) is 0.125. The van der Waals surface area contributed by atoms with Crippen molar-refractivity contribution in [3.8, 4) is 0 Å². The molecule has 66 valence electrons. The molecule has 0 radical (unpaired) electrons. The van der Waals surface area contributed by atoms with Gasteiger partial charge < -0.3 is 0 Å². The van der Waals surface area contributed by atoms with Gasteiger partial charge in [0.15, 0.2) is 0 Å². The Morgan fingerprint density at radius 1 is 1.36 bits per heavy atom. The molecule has 1 rings (SSSR count). The summed E-state index contributed by atoms with van der Waals surface area (Å²) in [7, 11) is 0. The molecule has 1 saturated heterocycles. The first kappa shape index (κ1) is 8.98. The lowest BCUT2D eigenvalue weighted by atomic mass is 10.1. The Balaban J connectivity index is 2.60. The second-order valence-corrected chi connectivity index (χ2v) is 4.51. The van der Waals surface area contributed by atoms with Crippen LogP contribution in [0.25, 0.3) is 0 Å². The van der Waals surface area contributed by atoms with Crippen LogP contribution in [-0.4, -0.2) is 29.2 Å². The van der Waals surface area contributed by atoms with Gasteiger partial charge in [0.2, 0.25) is 0 Å². The number of nitrogens with zero attached hydrogens (tertiary/aromatic N) is 1. The topological polar surface area (TPSA) is 3.24 Å². The van der Waals surface area contributed by atoms with Gasteiger partial charge in [-0.15, -0.1) is 0 Å². The Kier molecular flexibility index (Phi) is 2.24. The predicted octanol–water partition coefficient (Wildman–Crippen LogP) is 2.22. The Morgan fingerprint density at radius 3 is 2.09 bits per heavy atom. The molecule has 0 aromatic heterocycles. The molecule has 0 bridgehead atoms. The minimum absolute atomic E-state index is 0.125. The minimum atomic E-state index is -0.607. The lowest BCUT2D eigenvalue weighted by Gasteiger charge is -2.35. The van der Waals surface area contributed by atoms with E-state index < -0.39 is 6.17 Å². The highest BCUT2D eigenvalue weighted by Crippen LogP contribution is 2.27. The molecule has 1 fully saturated rings. The van der Waals surface area contributed by atoms with Crippen LogP contribution < -0.4 is 0 Å². The van der Waals surface area contributed by atoms with Gasteiger partial charge in [-0.05, 0) is 34.1 Å². The maximum atomic E-state index is 12.9. The lowest BCUT2D eigenvalue weighted by Crippen LogP contribution is -2.43. The molecule has 2 heteroatoms. The molecule has 0 saturated carbocycles. The average Bonchev–Trinajstić information content (AvgIpc) is 2.08. The normalized spacial score (nSPS) is 34.6. The quantitative estimate of drug-likeness (QED) is 0.524. The molecule has 11 heavy (non-hydrogen) atoms. The third kappa shape index (κ3) is 1.92. The summed E-state index contributed by atoms with van der Waals surface area (Å²) in [6.07, 6.45) is 0.0984. The molecule has 0 aliphatic carbocycles. The molecule has 0 aromatic carbocycles. The van der Waals surface area contributed by atoms with Crippen molar-refractivity contribution in [3.05, 3.63) is 0 Å². The Hall–Kier alpha value is -0.110. The maximum Gasteiger partial charge on any atom is 0.114 e. The van der Waals surface area contributed by atoms with Crippen molar-refractivity contribution in [1.82, 2.24) is 4.90 Å². The van der Waals surface area contributed by atoms with Gasteiger partial charge in [-0.1, -0.05) is 0 Å². The predicted molar refractivity (Wildman–Crippen MR) is 45.4 cm³/mol. The van der Waals surface area contributed by atoms with Gasteiger partial charge in [-0.25, -0.2) is 4.39 Å². The van der Waals surface area contributed by atoms with E-state index >= 15 is 0 Å². The first-order chi connectivity index (χ1) is 4.91. The van der Waals surface area contributed by atoms with E-state index in [-0.39, 0.29) is 5.54 Å². The molecule has 1 nitrogen and oxygen atoms in total. The van der Waals surface area contributed by atoms with E-state index in [1.165, 1.54) is 0 Å². The number of hydrogen-bond donors (Lipinski definition) is 0. The molecular weight excluding hydrogens is 141 g/mol. The Morgan fingerprint density at radius 2 is 1.91 bits per heavy atom. The minimum Gasteiger partial charge on any atom is -0.293 e. The van der Waals surface area contributed by atoms with Crippen LogP contribution in [0.5, 0.6) is 0 Å². The Bertz CT molecular complexity index is 139. The summed E-state index contributed by atoms with van der Waals surface area (Å²) in [4.78, 5) is 2.23. The van der Waals surface area contributed by atoms with E-state index in [1.54, 1.807) is 0 Å². The highest BCUT2D eigenvalue weighted by atomic mass is 19.1. The van der Waals surface area contributed by atoms with Crippen molar-refractivity contribution < 1.29 is 4.39 Å². The van der Waals surface area contributed by atoms with E-state index in [0.717, 1.165) is 0 Å². The van der Waals surface area contributed by atoms with Crippen LogP contribution in [-0.2, 0) is 0 Å². The van der Waals surface area contributed by atoms with Crippen LogP contribution in [0.4, 0.5) is 4.39 Å². The molecule has 0 aromatic rings. The van der Waals surface area contributed by atoms with Crippen molar-refractivity contribution >= 4 is 0 Å². The van der Waals surface area contributed by atoms with Crippen LogP contribution in [0.15, 0.2) is 0 Å². The summed E-state index contributed by atoms with van der Waals surface area (Å²) in [6.45, 7) is 9.14. The van der Waals surface area contributed by atoms with Gasteiger partial charge in [-0.2, -0.15) is 0 Å². The monoisotopic (exact) mass is 159 g/mol. The number of rotatable bonds is 0. The first-order valence-corrected chi connectivity index (χ1v) is 4.32. The van der Waals surface area contributed by atoms with Gasteiger partial charge in [0.1, 0.15) is 6.17 Å². The van der Waals surface area contributed by atoms with E-state index in [9.17, 15) is 4.39 Å². The largest absolute Gasteiger partial charge is 0.293 e. The fourth-order valence-corrected chi connectivity index (χ4v) is 1.90. The van der Waals surface area contributed by atoms with Gasteiger partial charge in [0.25, 0.3) is 0 Å². The van der Waals surface area contributed by atoms with Gasteiger partial charge in [0, 0.05) is 18.1 Å². The zero-order valence-corrected chi connectivity index (χ0v) is 7.89. The molecule has 2 atom stereocenters. The third-order valence-corrected chi connectivity index (χ3v) is 2.39. The maximum absolute atomic E-state index is 12.9. The molecule has 1 heterocycles. The fraction of sp³-hybridized carbons (Fsp3) is 1.00. The number of alkyl halides is 1. The molecule has 0 spiro atoms. The lowest BCUT2D eigenvalue weighted by molar-refractivity contribution is 0.124. The summed E-state index contributed by atoms with van der Waals surface area (Å²) < 4.78 is 12.9. The fourth-order valence-electron chi connectivity index (χ4n) is 1.90. The SMILES string of the molecule is CC1C[C@H](F)CN1C(C)(C)C. The molecule has 1 aliphatic rings. The zero-order chi connectivity index (χ0) is 8.65. The highest BCUT2D eigenvalue weighted by Gasteiger charge is 2.35. The summed E-state index contributed by atoms with van der Waals surface area (Å²) in [6, 6.07) is 0.407. The highest BCUT2D eigenvalue weighted by molar-refractivity contribution is 4.89. The van der Waals surface area contributed by atoms with E-state index in [0.29, 0.717) is 19.0 Å². The van der Waals surface area contributed by atoms with E-state index in [2.05, 4.69) is 32.6 Å². The van der Waals surface area contributed by atoms with Crippen LogP contribution in [0.3, 0.4) is 0 Å². The molecule has 0 amide bonds. The van der Waals surface area contributed by atoms with Crippen LogP contribution in [0, 0.1) is 0 Å². The molecular formula is C9H18FN. The summed E-state index contributed by atoms with van der Waals surface area (Å²) in [5.74, 6) is 0. The standard InChI is InChI=1S/C9H18FN/c1-7-5-8(10)6-11(7)9(2,3)4/h7-8H,5-6H2,1-4H3/t7?,8-/m0/s1.